The molecule has 1 aromatic heterocycles. The molecule has 5 atom stereocenters. The lowest BCUT2D eigenvalue weighted by Crippen LogP contribution is -2.56. The lowest BCUT2D eigenvalue weighted by Gasteiger charge is -2.29. The molecule has 5 heterocycles. The lowest BCUT2D eigenvalue weighted by molar-refractivity contribution is -0.137. The number of halogens is 3. The number of rotatable bonds is 23. The first-order valence-corrected chi connectivity index (χ1v) is 29.2. The predicted octanol–water partition coefficient (Wildman–Crippen LogP) is 6.53. The summed E-state index contributed by atoms with van der Waals surface area (Å²) in [4.78, 5) is 144. The number of hydrogen-bond donors (Lipinski definition) is 7. The van der Waals surface area contributed by atoms with E-state index >= 15 is 4.39 Å². The minimum atomic E-state index is -6.02. The summed E-state index contributed by atoms with van der Waals surface area (Å²) in [6.07, 6.45) is 5.36. The number of hydrogen-bond acceptors (Lipinski definition) is 10. The molecule has 0 radical (unpaired) electrons. The fourth-order valence-electron chi connectivity index (χ4n) is 11.4. The van der Waals surface area contributed by atoms with Gasteiger partial charge in [0.2, 0.25) is 29.5 Å². The number of amides is 7. The topological polar surface area (TPSA) is 296 Å². The van der Waals surface area contributed by atoms with Crippen LogP contribution < -0.4 is 26.6 Å². The van der Waals surface area contributed by atoms with Crippen LogP contribution in [0.25, 0.3) is 10.9 Å². The van der Waals surface area contributed by atoms with Crippen LogP contribution in [-0.2, 0) is 63.2 Å². The number of Topliss-reactive ketones (excluding diaryl/α,β-unsaturated/α-hetero) is 2. The lowest BCUT2D eigenvalue weighted by atomic mass is 9.85. The highest BCUT2D eigenvalue weighted by Crippen LogP contribution is 2.59. The highest BCUT2D eigenvalue weighted by molar-refractivity contribution is 7.52. The van der Waals surface area contributed by atoms with Gasteiger partial charge in [0.05, 0.1) is 11.7 Å². The first-order valence-electron chi connectivity index (χ1n) is 27.6. The standard InChI is InChI=1S/C60H61F3N7O12P/c61-52-41-31-38(60(62,63)83(80,81)82)23-25-43(41)65-53(52)57(77)67-45-24-22-36-18-12-19-37-30-47(70(54(36)37)59(45)79)56(76)66-44(26-28-50(64)73)49(72)32-40(34-14-9-7-10-15-34)48(71)21-11-6-4-2-1-3-5-8-16-35-17-13-20-39-42(35)33-69(58(39)78)46-27-29-51(74)68-55(46)75/h7,9-10,12-15,17-20,23,25,31,40,44-47,65H,1-6,11,21-22,24,26-30,32-33H2,(H2,64,73)(H,66,76)(H,67,77)(H,68,74,75)(H2,80,81,82)/t40-,44-,45-,46?,47-/m0/s1. The number of piperidine rings is 1. The molecule has 434 valence electrons. The zero-order valence-corrected chi connectivity index (χ0v) is 45.9. The van der Waals surface area contributed by atoms with E-state index in [1.54, 1.807) is 60.7 Å². The minimum absolute atomic E-state index is 0.00849. The van der Waals surface area contributed by atoms with E-state index in [1.165, 1.54) is 9.80 Å². The van der Waals surface area contributed by atoms with Gasteiger partial charge < -0.3 is 36.0 Å². The van der Waals surface area contributed by atoms with E-state index in [0.29, 0.717) is 52.9 Å². The Labute approximate surface area is 474 Å². The van der Waals surface area contributed by atoms with Crippen LogP contribution in [0.4, 0.5) is 18.9 Å². The molecule has 5 aromatic rings. The number of nitrogens with zero attached hydrogens (tertiary/aromatic N) is 2. The van der Waals surface area contributed by atoms with Gasteiger partial charge in [-0.05, 0) is 85.0 Å². The minimum Gasteiger partial charge on any atom is -0.370 e. The number of aryl methyl sites for hydroxylation is 1. The van der Waals surface area contributed by atoms with E-state index in [4.69, 9.17) is 5.73 Å². The number of anilines is 1. The Hall–Kier alpha value is -8.25. The van der Waals surface area contributed by atoms with E-state index < -0.39 is 101 Å². The summed E-state index contributed by atoms with van der Waals surface area (Å²) in [5.41, 5.74) is 3.03. The van der Waals surface area contributed by atoms with Crippen molar-refractivity contribution in [3.8, 4) is 11.8 Å². The molecule has 83 heavy (non-hydrogen) atoms. The number of nitrogens with one attached hydrogen (secondary N) is 4. The summed E-state index contributed by atoms with van der Waals surface area (Å²) in [6.45, 7) is 0.239. The van der Waals surface area contributed by atoms with Crippen LogP contribution in [0.1, 0.15) is 150 Å². The van der Waals surface area contributed by atoms with E-state index in [1.807, 2.05) is 6.07 Å². The number of alkyl halides is 2. The third kappa shape index (κ3) is 12.9. The van der Waals surface area contributed by atoms with Gasteiger partial charge in [-0.15, -0.1) is 0 Å². The fourth-order valence-corrected chi connectivity index (χ4v) is 11.9. The Morgan fingerprint density at radius 2 is 1.57 bits per heavy atom. The fraction of sp³-hybridized carbons (Fsp3) is 0.383. The van der Waals surface area contributed by atoms with Crippen LogP contribution in [0.3, 0.4) is 0 Å². The molecular weight excluding hydrogens is 1100 g/mol. The normalized spacial score (nSPS) is 18.3. The van der Waals surface area contributed by atoms with Gasteiger partial charge in [-0.25, -0.2) is 4.39 Å². The first-order chi connectivity index (χ1) is 39.6. The van der Waals surface area contributed by atoms with Gasteiger partial charge in [-0.1, -0.05) is 98.2 Å². The summed E-state index contributed by atoms with van der Waals surface area (Å²) < 4.78 is 56.4. The summed E-state index contributed by atoms with van der Waals surface area (Å²) in [5, 5.41) is 7.00. The molecule has 0 aliphatic carbocycles. The number of aromatic amines is 1. The second-order valence-electron chi connectivity index (χ2n) is 21.4. The molecule has 23 heteroatoms. The number of fused-ring (bicyclic) bond motifs is 2. The van der Waals surface area contributed by atoms with E-state index in [0.717, 1.165) is 49.3 Å². The molecule has 1 saturated heterocycles. The number of aromatic nitrogens is 1. The molecule has 7 amide bonds. The van der Waals surface area contributed by atoms with Crippen molar-refractivity contribution in [3.05, 3.63) is 135 Å². The third-order valence-electron chi connectivity index (χ3n) is 15.9. The molecule has 9 rings (SSSR count). The van der Waals surface area contributed by atoms with Gasteiger partial charge in [-0.2, -0.15) is 8.78 Å². The smallest absolute Gasteiger partial charge is 0.370 e. The van der Waals surface area contributed by atoms with Gasteiger partial charge >= 0.3 is 13.3 Å². The Bertz CT molecular complexity index is 3560. The van der Waals surface area contributed by atoms with Crippen molar-refractivity contribution in [1.82, 2.24) is 25.8 Å². The van der Waals surface area contributed by atoms with Crippen LogP contribution in [0.15, 0.2) is 84.9 Å². The molecule has 19 nitrogen and oxygen atoms in total. The molecule has 4 aromatic carbocycles. The number of imide groups is 1. The van der Waals surface area contributed by atoms with E-state index in [-0.39, 0.29) is 87.4 Å². The number of carbonyl (C=O) groups excluding carboxylic acids is 9. The zero-order valence-electron chi connectivity index (χ0n) is 45.0. The molecule has 8 N–H and O–H groups in total. The number of ketones is 2. The van der Waals surface area contributed by atoms with Crippen molar-refractivity contribution in [2.45, 2.75) is 145 Å². The van der Waals surface area contributed by atoms with Crippen molar-refractivity contribution < 1.29 is 70.7 Å². The van der Waals surface area contributed by atoms with E-state index in [2.05, 4.69) is 32.8 Å². The largest absolute Gasteiger partial charge is 0.399 e. The average Bonchev–Trinajstić information content (AvgIpc) is 2.67. The van der Waals surface area contributed by atoms with Crippen LogP contribution >= 0.6 is 7.60 Å². The Balaban J connectivity index is 0.799. The maximum atomic E-state index is 15.8. The molecule has 0 saturated carbocycles. The van der Waals surface area contributed by atoms with Crippen molar-refractivity contribution in [2.24, 2.45) is 5.73 Å². The number of para-hydroxylation sites is 1. The zero-order chi connectivity index (χ0) is 59.3. The summed E-state index contributed by atoms with van der Waals surface area (Å²) in [7, 11) is -6.02. The van der Waals surface area contributed by atoms with E-state index in [9.17, 15) is 66.3 Å². The van der Waals surface area contributed by atoms with Crippen LogP contribution in [0.5, 0.6) is 0 Å². The summed E-state index contributed by atoms with van der Waals surface area (Å²) in [5.74, 6) is -1.05. The Kier molecular flexibility index (Phi) is 17.9. The Morgan fingerprint density at radius 1 is 0.843 bits per heavy atom. The van der Waals surface area contributed by atoms with Gasteiger partial charge in [0.1, 0.15) is 29.6 Å². The average molecular weight is 1160 g/mol. The maximum Gasteiger partial charge on any atom is 0.399 e. The monoisotopic (exact) mass is 1160 g/mol. The molecule has 1 fully saturated rings. The van der Waals surface area contributed by atoms with Crippen LogP contribution in [0, 0.1) is 17.7 Å². The van der Waals surface area contributed by atoms with Crippen molar-refractivity contribution in [3.63, 3.8) is 0 Å². The molecule has 0 bridgehead atoms. The number of benzene rings is 4. The molecule has 4 aliphatic heterocycles. The quantitative estimate of drug-likeness (QED) is 0.0159. The molecule has 4 aliphatic rings. The summed E-state index contributed by atoms with van der Waals surface area (Å²) >= 11 is 0. The SMILES string of the molecule is NC(=O)CC[C@H](NC(=O)[C@@H]1Cc2cccc3c2N1C(=O)[C@@H](NC(=O)c1[nH]c2ccc(C(F)(F)P(=O)(O)O)cc2c1F)CC3)C(=O)C[C@H](C(=O)CCCCCCCCC#Cc1cccc2c1CN(C1CCC(=O)NC1=O)C2=O)c1ccccc1. The highest BCUT2D eigenvalue weighted by atomic mass is 31.2. The Morgan fingerprint density at radius 3 is 2.30 bits per heavy atom. The predicted molar refractivity (Wildman–Crippen MR) is 296 cm³/mol. The third-order valence-corrected chi connectivity index (χ3v) is 16.8. The number of nitrogens with two attached hydrogens (primary N) is 1. The van der Waals surface area contributed by atoms with Crippen molar-refractivity contribution >= 4 is 77.1 Å². The number of H-pyrrole nitrogens is 1. The van der Waals surface area contributed by atoms with Crippen molar-refractivity contribution in [2.75, 3.05) is 4.90 Å². The number of carbonyl (C=O) groups is 9. The van der Waals surface area contributed by atoms with Gasteiger partial charge in [-0.3, -0.25) is 57.9 Å². The molecular formula is C60H61F3N7O12P. The van der Waals surface area contributed by atoms with Crippen molar-refractivity contribution in [1.29, 1.82) is 0 Å². The maximum absolute atomic E-state index is 15.8. The second-order valence-corrected chi connectivity index (χ2v) is 23.0. The molecule has 0 spiro atoms. The molecule has 1 unspecified atom stereocenters. The summed E-state index contributed by atoms with van der Waals surface area (Å²) in [6, 6.07) is 16.7. The van der Waals surface area contributed by atoms with Gasteiger partial charge in [0.25, 0.3) is 11.8 Å². The number of unbranched alkanes of at least 4 members (excludes halogenated alkanes) is 6. The van der Waals surface area contributed by atoms with Crippen LogP contribution in [0.2, 0.25) is 0 Å². The van der Waals surface area contributed by atoms with Gasteiger partial charge in [0.15, 0.2) is 11.6 Å². The van der Waals surface area contributed by atoms with Gasteiger partial charge in [0, 0.05) is 78.6 Å². The number of primary amides is 1. The van der Waals surface area contributed by atoms with Crippen LogP contribution in [-0.4, -0.2) is 96.8 Å². The first kappa shape index (κ1) is 59.4. The highest BCUT2D eigenvalue weighted by Gasteiger charge is 2.51. The second kappa shape index (κ2) is 25.1.